The van der Waals surface area contributed by atoms with Gasteiger partial charge in [-0.25, -0.2) is 0 Å². The van der Waals surface area contributed by atoms with Crippen LogP contribution in [-0.2, 0) is 9.53 Å². The summed E-state index contributed by atoms with van der Waals surface area (Å²) < 4.78 is 17.0. The van der Waals surface area contributed by atoms with E-state index in [4.69, 9.17) is 32.9 Å². The third-order valence-electron chi connectivity index (χ3n) is 4.08. The van der Waals surface area contributed by atoms with Gasteiger partial charge in [-0.05, 0) is 36.6 Å². The number of carbonyl (C=O) groups excluding carboxylic acids is 1. The van der Waals surface area contributed by atoms with Crippen LogP contribution >= 0.6 is 24.0 Å². The minimum absolute atomic E-state index is 0.0736. The second-order valence-corrected chi connectivity index (χ2v) is 7.51. The van der Waals surface area contributed by atoms with Crippen molar-refractivity contribution in [3.8, 4) is 23.8 Å². The average Bonchev–Trinajstić information content (AvgIpc) is 3.25. The maximum absolute atomic E-state index is 12.7. The highest BCUT2D eigenvalue weighted by atomic mass is 32.2. The molecule has 136 valence electrons. The van der Waals surface area contributed by atoms with Crippen LogP contribution in [0, 0.1) is 12.3 Å². The zero-order chi connectivity index (χ0) is 18.5. The van der Waals surface area contributed by atoms with Crippen LogP contribution in [0.25, 0.3) is 6.08 Å². The summed E-state index contributed by atoms with van der Waals surface area (Å²) in [7, 11) is 1.56. The van der Waals surface area contributed by atoms with E-state index in [1.165, 1.54) is 11.8 Å². The lowest BCUT2D eigenvalue weighted by molar-refractivity contribution is -0.123. The number of terminal acetylenes is 1. The van der Waals surface area contributed by atoms with Crippen molar-refractivity contribution in [1.29, 1.82) is 0 Å². The summed E-state index contributed by atoms with van der Waals surface area (Å²) in [6, 6.07) is 5.43. The largest absolute Gasteiger partial charge is 0.493 e. The Morgan fingerprint density at radius 1 is 1.50 bits per heavy atom. The van der Waals surface area contributed by atoms with Crippen LogP contribution in [0.1, 0.15) is 18.4 Å². The monoisotopic (exact) mass is 389 g/mol. The van der Waals surface area contributed by atoms with Crippen molar-refractivity contribution in [2.24, 2.45) is 0 Å². The van der Waals surface area contributed by atoms with Gasteiger partial charge in [0.05, 0.1) is 24.7 Å². The molecule has 5 nitrogen and oxygen atoms in total. The first-order valence-corrected chi connectivity index (χ1v) is 9.46. The van der Waals surface area contributed by atoms with Crippen LogP contribution in [0.2, 0.25) is 0 Å². The molecule has 1 aromatic carbocycles. The van der Waals surface area contributed by atoms with Crippen molar-refractivity contribution in [2.45, 2.75) is 18.9 Å². The number of nitrogens with zero attached hydrogens (tertiary/aromatic N) is 1. The van der Waals surface area contributed by atoms with Crippen LogP contribution in [-0.4, -0.2) is 48.1 Å². The van der Waals surface area contributed by atoms with Crippen molar-refractivity contribution in [3.05, 3.63) is 28.7 Å². The summed E-state index contributed by atoms with van der Waals surface area (Å²) in [5.74, 6) is 3.46. The molecule has 7 heteroatoms. The molecular weight excluding hydrogens is 370 g/mol. The lowest BCUT2D eigenvalue weighted by Crippen LogP contribution is -2.35. The highest BCUT2D eigenvalue weighted by molar-refractivity contribution is 8.26. The molecule has 0 bridgehead atoms. The summed E-state index contributed by atoms with van der Waals surface area (Å²) >= 11 is 6.68. The number of hydrogen-bond acceptors (Lipinski definition) is 6. The first-order chi connectivity index (χ1) is 12.6. The third-order valence-corrected chi connectivity index (χ3v) is 5.46. The molecule has 0 spiro atoms. The van der Waals surface area contributed by atoms with E-state index < -0.39 is 0 Å². The molecule has 1 aromatic rings. The minimum Gasteiger partial charge on any atom is -0.493 e. The minimum atomic E-state index is -0.0814. The van der Waals surface area contributed by atoms with E-state index in [-0.39, 0.29) is 18.6 Å². The second-order valence-electron chi connectivity index (χ2n) is 5.83. The molecule has 2 saturated heterocycles. The summed E-state index contributed by atoms with van der Waals surface area (Å²) in [5.41, 5.74) is 0.826. The zero-order valence-corrected chi connectivity index (χ0v) is 16.0. The Balaban J connectivity index is 1.76. The number of thioether (sulfide) groups is 1. The topological polar surface area (TPSA) is 48.0 Å². The number of benzene rings is 1. The van der Waals surface area contributed by atoms with E-state index >= 15 is 0 Å². The fourth-order valence-corrected chi connectivity index (χ4v) is 4.09. The van der Waals surface area contributed by atoms with E-state index in [9.17, 15) is 4.79 Å². The van der Waals surface area contributed by atoms with Gasteiger partial charge in [0, 0.05) is 6.61 Å². The van der Waals surface area contributed by atoms with Gasteiger partial charge in [-0.3, -0.25) is 9.69 Å². The van der Waals surface area contributed by atoms with Gasteiger partial charge in [0.2, 0.25) is 0 Å². The van der Waals surface area contributed by atoms with Gasteiger partial charge in [0.1, 0.15) is 10.9 Å². The number of methoxy groups -OCH3 is 1. The van der Waals surface area contributed by atoms with Gasteiger partial charge in [0.25, 0.3) is 5.91 Å². The summed E-state index contributed by atoms with van der Waals surface area (Å²) in [6.45, 7) is 1.44. The Morgan fingerprint density at radius 3 is 3.04 bits per heavy atom. The SMILES string of the molecule is C#CCOc1ccc(/C=C2\SC(=S)N(C[C@@H]3CCCO3)C2=O)cc1OC. The predicted octanol–water partition coefficient (Wildman–Crippen LogP) is 3.09. The number of thiocarbonyl (C=S) groups is 1. The smallest absolute Gasteiger partial charge is 0.266 e. The molecule has 0 saturated carbocycles. The van der Waals surface area contributed by atoms with Gasteiger partial charge < -0.3 is 14.2 Å². The van der Waals surface area contributed by atoms with Gasteiger partial charge in [-0.1, -0.05) is 36.0 Å². The van der Waals surface area contributed by atoms with Crippen LogP contribution in [0.4, 0.5) is 0 Å². The van der Waals surface area contributed by atoms with Crippen molar-refractivity contribution in [3.63, 3.8) is 0 Å². The lowest BCUT2D eigenvalue weighted by Gasteiger charge is -2.18. The fourth-order valence-electron chi connectivity index (χ4n) is 2.81. The molecule has 0 aromatic heterocycles. The van der Waals surface area contributed by atoms with E-state index in [1.54, 1.807) is 24.1 Å². The van der Waals surface area contributed by atoms with E-state index in [0.29, 0.717) is 27.3 Å². The molecule has 2 fully saturated rings. The van der Waals surface area contributed by atoms with Crippen molar-refractivity contribution >= 4 is 40.3 Å². The second kappa shape index (κ2) is 8.58. The molecule has 2 aliphatic heterocycles. The van der Waals surface area contributed by atoms with Crippen LogP contribution in [0.3, 0.4) is 0 Å². The number of ether oxygens (including phenoxy) is 3. The quantitative estimate of drug-likeness (QED) is 0.423. The Kier molecular flexibility index (Phi) is 6.20. The number of hydrogen-bond donors (Lipinski definition) is 0. The number of carbonyl (C=O) groups is 1. The number of amides is 1. The Bertz CT molecular complexity index is 778. The fraction of sp³-hybridized carbons (Fsp3) is 0.368. The molecule has 1 amide bonds. The molecular formula is C19H19NO4S2. The molecule has 2 heterocycles. The highest BCUT2D eigenvalue weighted by Crippen LogP contribution is 2.35. The van der Waals surface area contributed by atoms with Gasteiger partial charge >= 0.3 is 0 Å². The van der Waals surface area contributed by atoms with Crippen LogP contribution < -0.4 is 9.47 Å². The third kappa shape index (κ3) is 4.21. The first-order valence-electron chi connectivity index (χ1n) is 8.23. The van der Waals surface area contributed by atoms with Gasteiger partial charge in [0.15, 0.2) is 11.5 Å². The Labute approximate surface area is 162 Å². The van der Waals surface area contributed by atoms with Gasteiger partial charge in [-0.2, -0.15) is 0 Å². The molecule has 0 N–H and O–H groups in total. The molecule has 26 heavy (non-hydrogen) atoms. The summed E-state index contributed by atoms with van der Waals surface area (Å²) in [5, 5.41) is 0. The van der Waals surface area contributed by atoms with Crippen LogP contribution in [0.5, 0.6) is 11.5 Å². The van der Waals surface area contributed by atoms with E-state index in [1.807, 2.05) is 12.1 Å². The maximum Gasteiger partial charge on any atom is 0.266 e. The summed E-state index contributed by atoms with van der Waals surface area (Å²) in [4.78, 5) is 14.9. The molecule has 0 aliphatic carbocycles. The molecule has 3 rings (SSSR count). The highest BCUT2D eigenvalue weighted by Gasteiger charge is 2.34. The van der Waals surface area contributed by atoms with E-state index in [2.05, 4.69) is 5.92 Å². The van der Waals surface area contributed by atoms with Gasteiger partial charge in [-0.15, -0.1) is 6.42 Å². The molecule has 2 aliphatic rings. The standard InChI is InChI=1S/C19H19NO4S2/c1-3-8-24-15-7-6-13(10-16(15)22-2)11-17-18(21)20(19(25)26-17)12-14-5-4-9-23-14/h1,6-7,10-11,14H,4-5,8-9,12H2,2H3/b17-11-/t14-/m0/s1. The Hall–Kier alpha value is -2.01. The maximum atomic E-state index is 12.7. The zero-order valence-electron chi connectivity index (χ0n) is 14.4. The number of rotatable bonds is 6. The summed E-state index contributed by atoms with van der Waals surface area (Å²) in [6.07, 6.45) is 9.09. The first kappa shape index (κ1) is 18.8. The van der Waals surface area contributed by atoms with Crippen LogP contribution in [0.15, 0.2) is 23.1 Å². The van der Waals surface area contributed by atoms with Crippen molar-refractivity contribution < 1.29 is 19.0 Å². The molecule has 0 unspecified atom stereocenters. The van der Waals surface area contributed by atoms with E-state index in [0.717, 1.165) is 25.0 Å². The van der Waals surface area contributed by atoms with Crippen molar-refractivity contribution in [1.82, 2.24) is 4.90 Å². The normalized spacial score (nSPS) is 21.3. The molecule has 1 atom stereocenters. The average molecular weight is 389 g/mol. The molecule has 0 radical (unpaired) electrons. The Morgan fingerprint density at radius 2 is 2.35 bits per heavy atom. The predicted molar refractivity (Wildman–Crippen MR) is 106 cm³/mol. The lowest BCUT2D eigenvalue weighted by atomic mass is 10.1. The van der Waals surface area contributed by atoms with Crippen molar-refractivity contribution in [2.75, 3.05) is 26.9 Å².